The highest BCUT2D eigenvalue weighted by Gasteiger charge is 2.04. The monoisotopic (exact) mass is 379 g/mol. The van der Waals surface area contributed by atoms with Crippen molar-refractivity contribution in [3.8, 4) is 5.75 Å². The van der Waals surface area contributed by atoms with Gasteiger partial charge >= 0.3 is 0 Å². The maximum absolute atomic E-state index is 12.5. The standard InChI is InChI=1S/C21H17BrO2/c22-18-11-13-21(24-15-17-8-2-1-3-9-17)19(14-18)20(23)12-10-16-6-4-5-7-16/h1-14,23H,15H2/p-1. The van der Waals surface area contributed by atoms with Crippen LogP contribution in [0.3, 0.4) is 0 Å². The van der Waals surface area contributed by atoms with Gasteiger partial charge in [0.2, 0.25) is 0 Å². The lowest BCUT2D eigenvalue weighted by Crippen LogP contribution is -2.05. The molecule has 0 amide bonds. The van der Waals surface area contributed by atoms with Crippen molar-refractivity contribution in [1.29, 1.82) is 0 Å². The molecule has 0 saturated carbocycles. The second-order valence-corrected chi connectivity index (χ2v) is 6.25. The Morgan fingerprint density at radius 3 is 2.54 bits per heavy atom. The number of rotatable bonds is 5. The van der Waals surface area contributed by atoms with Crippen molar-refractivity contribution in [2.24, 2.45) is 0 Å². The molecule has 0 heterocycles. The molecule has 0 unspecified atom stereocenters. The summed E-state index contributed by atoms with van der Waals surface area (Å²) < 4.78 is 6.71. The normalized spacial score (nSPS) is 13.4. The molecule has 0 fully saturated rings. The Balaban J connectivity index is 1.82. The minimum atomic E-state index is -0.0828. The zero-order chi connectivity index (χ0) is 16.8. The Morgan fingerprint density at radius 2 is 1.79 bits per heavy atom. The zero-order valence-corrected chi connectivity index (χ0v) is 14.6. The van der Waals surface area contributed by atoms with Crippen LogP contribution in [0.2, 0.25) is 0 Å². The Bertz CT molecular complexity index is 816. The van der Waals surface area contributed by atoms with Gasteiger partial charge in [-0.3, -0.25) is 0 Å². The van der Waals surface area contributed by atoms with Crippen molar-refractivity contribution in [2.75, 3.05) is 0 Å². The average molecular weight is 380 g/mol. The van der Waals surface area contributed by atoms with Crippen LogP contribution in [0.25, 0.3) is 5.76 Å². The third-order valence-corrected chi connectivity index (χ3v) is 4.05. The maximum Gasteiger partial charge on any atom is 0.126 e. The average Bonchev–Trinajstić information content (AvgIpc) is 3.13. The first-order valence-corrected chi connectivity index (χ1v) is 8.42. The molecule has 120 valence electrons. The van der Waals surface area contributed by atoms with E-state index in [4.69, 9.17) is 4.74 Å². The highest BCUT2D eigenvalue weighted by molar-refractivity contribution is 9.10. The van der Waals surface area contributed by atoms with Gasteiger partial charge in [-0.05, 0) is 29.3 Å². The van der Waals surface area contributed by atoms with Gasteiger partial charge in [-0.15, -0.1) is 0 Å². The van der Waals surface area contributed by atoms with E-state index in [1.807, 2.05) is 72.8 Å². The molecule has 3 rings (SSSR count). The molecule has 0 spiro atoms. The first-order valence-electron chi connectivity index (χ1n) is 7.63. The van der Waals surface area contributed by atoms with E-state index in [2.05, 4.69) is 15.9 Å². The van der Waals surface area contributed by atoms with E-state index >= 15 is 0 Å². The van der Waals surface area contributed by atoms with Gasteiger partial charge in [0.05, 0.1) is 0 Å². The van der Waals surface area contributed by atoms with Crippen LogP contribution in [0.1, 0.15) is 11.1 Å². The summed E-state index contributed by atoms with van der Waals surface area (Å²) in [5, 5.41) is 12.5. The van der Waals surface area contributed by atoms with Crippen LogP contribution in [0.15, 0.2) is 95.0 Å². The predicted molar refractivity (Wildman–Crippen MR) is 99.3 cm³/mol. The van der Waals surface area contributed by atoms with Crippen LogP contribution < -0.4 is 9.84 Å². The lowest BCUT2D eigenvalue weighted by atomic mass is 10.1. The molecule has 0 aliphatic heterocycles. The topological polar surface area (TPSA) is 32.3 Å². The molecule has 1 aliphatic rings. The number of hydrogen-bond acceptors (Lipinski definition) is 2. The minimum Gasteiger partial charge on any atom is -0.872 e. The summed E-state index contributed by atoms with van der Waals surface area (Å²) in [5.41, 5.74) is 2.61. The summed E-state index contributed by atoms with van der Waals surface area (Å²) >= 11 is 3.42. The van der Waals surface area contributed by atoms with Gasteiger partial charge in [0.25, 0.3) is 0 Å². The van der Waals surface area contributed by atoms with E-state index in [-0.39, 0.29) is 5.76 Å². The molecule has 24 heavy (non-hydrogen) atoms. The molecular formula is C21H16BrO2-. The molecule has 0 N–H and O–H groups in total. The third-order valence-electron chi connectivity index (χ3n) is 3.56. The lowest BCUT2D eigenvalue weighted by Gasteiger charge is -2.17. The Hall–Kier alpha value is -2.52. The molecular weight excluding hydrogens is 364 g/mol. The Kier molecular flexibility index (Phi) is 5.34. The summed E-state index contributed by atoms with van der Waals surface area (Å²) in [6.45, 7) is 0.426. The lowest BCUT2D eigenvalue weighted by molar-refractivity contribution is -0.243. The van der Waals surface area contributed by atoms with Gasteiger partial charge in [-0.2, -0.15) is 0 Å². The first kappa shape index (κ1) is 16.3. The van der Waals surface area contributed by atoms with Crippen molar-refractivity contribution in [2.45, 2.75) is 6.61 Å². The summed E-state index contributed by atoms with van der Waals surface area (Å²) in [6, 6.07) is 15.4. The van der Waals surface area contributed by atoms with Crippen LogP contribution in [0, 0.1) is 0 Å². The highest BCUT2D eigenvalue weighted by Crippen LogP contribution is 2.28. The van der Waals surface area contributed by atoms with Crippen molar-refractivity contribution in [3.63, 3.8) is 0 Å². The number of allylic oxidation sites excluding steroid dienone is 7. The molecule has 2 aromatic rings. The SMILES string of the molecule is [O-]C(=CC=C1C=CC=C1)c1cc(Br)ccc1OCc1ccccc1. The quantitative estimate of drug-likeness (QED) is 0.700. The van der Waals surface area contributed by atoms with Crippen molar-refractivity contribution in [3.05, 3.63) is 106 Å². The summed E-state index contributed by atoms with van der Waals surface area (Å²) in [7, 11) is 0. The summed E-state index contributed by atoms with van der Waals surface area (Å²) in [6.07, 6.45) is 11.2. The number of benzene rings is 2. The molecule has 1 aliphatic carbocycles. The molecule has 3 heteroatoms. The van der Waals surface area contributed by atoms with E-state index in [9.17, 15) is 5.11 Å². The van der Waals surface area contributed by atoms with Gasteiger partial charge in [0.1, 0.15) is 12.4 Å². The smallest absolute Gasteiger partial charge is 0.126 e. The van der Waals surface area contributed by atoms with E-state index in [0.717, 1.165) is 15.6 Å². The molecule has 0 radical (unpaired) electrons. The fourth-order valence-electron chi connectivity index (χ4n) is 2.32. The van der Waals surface area contributed by atoms with Gasteiger partial charge in [0.15, 0.2) is 0 Å². The van der Waals surface area contributed by atoms with Crippen LogP contribution in [0.4, 0.5) is 0 Å². The van der Waals surface area contributed by atoms with Crippen LogP contribution >= 0.6 is 15.9 Å². The fraction of sp³-hybridized carbons (Fsp3) is 0.0476. The summed E-state index contributed by atoms with van der Waals surface area (Å²) in [4.78, 5) is 0. The molecule has 0 saturated heterocycles. The second-order valence-electron chi connectivity index (χ2n) is 5.33. The van der Waals surface area contributed by atoms with E-state index in [1.165, 1.54) is 0 Å². The Morgan fingerprint density at radius 1 is 1.04 bits per heavy atom. The van der Waals surface area contributed by atoms with Crippen LogP contribution in [0.5, 0.6) is 5.75 Å². The summed E-state index contributed by atoms with van der Waals surface area (Å²) in [5.74, 6) is 0.500. The van der Waals surface area contributed by atoms with Crippen molar-refractivity contribution in [1.82, 2.24) is 0 Å². The fourth-order valence-corrected chi connectivity index (χ4v) is 2.68. The third kappa shape index (κ3) is 4.27. The first-order chi connectivity index (χ1) is 11.7. The van der Waals surface area contributed by atoms with Crippen molar-refractivity contribution < 1.29 is 9.84 Å². The second kappa shape index (κ2) is 7.84. The zero-order valence-electron chi connectivity index (χ0n) is 13.0. The van der Waals surface area contributed by atoms with E-state index < -0.39 is 0 Å². The van der Waals surface area contributed by atoms with Gasteiger partial charge in [0, 0.05) is 10.0 Å². The molecule has 2 aromatic carbocycles. The minimum absolute atomic E-state index is 0.0828. The number of ether oxygens (including phenoxy) is 1. The van der Waals surface area contributed by atoms with E-state index in [1.54, 1.807) is 12.1 Å². The molecule has 2 nitrogen and oxygen atoms in total. The van der Waals surface area contributed by atoms with Crippen LogP contribution in [-0.4, -0.2) is 0 Å². The van der Waals surface area contributed by atoms with Gasteiger partial charge in [-0.25, -0.2) is 0 Å². The Labute approximate surface area is 150 Å². The number of hydrogen-bond donors (Lipinski definition) is 0. The molecule has 0 aromatic heterocycles. The largest absolute Gasteiger partial charge is 0.872 e. The van der Waals surface area contributed by atoms with Crippen molar-refractivity contribution >= 4 is 21.7 Å². The van der Waals surface area contributed by atoms with E-state index in [0.29, 0.717) is 17.9 Å². The molecule has 0 bridgehead atoms. The molecule has 0 atom stereocenters. The number of halogens is 1. The van der Waals surface area contributed by atoms with Gasteiger partial charge < -0.3 is 9.84 Å². The van der Waals surface area contributed by atoms with Gasteiger partial charge in [-0.1, -0.05) is 88.5 Å². The predicted octanol–water partition coefficient (Wildman–Crippen LogP) is 4.78. The maximum atomic E-state index is 12.5. The van der Waals surface area contributed by atoms with Crippen LogP contribution in [-0.2, 0) is 6.61 Å². The highest BCUT2D eigenvalue weighted by atomic mass is 79.9.